The number of ether oxygens (including phenoxy) is 2. The summed E-state index contributed by atoms with van der Waals surface area (Å²) in [6.07, 6.45) is 5.01. The second-order valence-electron chi connectivity index (χ2n) is 4.14. The number of carbonyl (C=O) groups excluding carboxylic acids is 1. The molecule has 0 radical (unpaired) electrons. The third-order valence-corrected chi connectivity index (χ3v) is 2.63. The maximum Gasteiger partial charge on any atom is 0.322 e. The van der Waals surface area contributed by atoms with Crippen molar-refractivity contribution in [3.05, 3.63) is 0 Å². The van der Waals surface area contributed by atoms with Crippen molar-refractivity contribution >= 4 is 5.97 Å². The highest BCUT2D eigenvalue weighted by Gasteiger charge is 2.22. The minimum Gasteiger partial charge on any atom is -0.465 e. The van der Waals surface area contributed by atoms with Gasteiger partial charge in [0.15, 0.2) is 0 Å². The highest BCUT2D eigenvalue weighted by molar-refractivity contribution is 5.75. The predicted molar refractivity (Wildman–Crippen MR) is 57.4 cm³/mol. The van der Waals surface area contributed by atoms with E-state index < -0.39 is 6.04 Å². The van der Waals surface area contributed by atoms with Crippen molar-refractivity contribution in [2.45, 2.75) is 38.1 Å². The Morgan fingerprint density at radius 2 is 2.20 bits per heavy atom. The Balaban J connectivity index is 1.98. The highest BCUT2D eigenvalue weighted by atomic mass is 16.5. The van der Waals surface area contributed by atoms with E-state index in [4.69, 9.17) is 15.2 Å². The first-order chi connectivity index (χ1) is 7.24. The van der Waals surface area contributed by atoms with Gasteiger partial charge in [-0.2, -0.15) is 0 Å². The zero-order chi connectivity index (χ0) is 11.1. The molecule has 0 aromatic rings. The van der Waals surface area contributed by atoms with Gasteiger partial charge in [-0.15, -0.1) is 0 Å². The van der Waals surface area contributed by atoms with Crippen LogP contribution in [0.1, 0.15) is 32.1 Å². The van der Waals surface area contributed by atoms with Crippen LogP contribution in [0.25, 0.3) is 0 Å². The normalized spacial score (nSPS) is 17.5. The number of esters is 1. The molecule has 0 aromatic heterocycles. The summed E-state index contributed by atoms with van der Waals surface area (Å²) in [5, 5.41) is 0. The van der Waals surface area contributed by atoms with Crippen LogP contribution in [-0.4, -0.2) is 32.3 Å². The Kier molecular flexibility index (Phi) is 5.65. The Morgan fingerprint density at radius 1 is 1.47 bits per heavy atom. The van der Waals surface area contributed by atoms with Crippen LogP contribution < -0.4 is 5.73 Å². The molecule has 0 saturated heterocycles. The van der Waals surface area contributed by atoms with Crippen molar-refractivity contribution in [3.8, 4) is 0 Å². The largest absolute Gasteiger partial charge is 0.465 e. The second-order valence-corrected chi connectivity index (χ2v) is 4.14. The van der Waals surface area contributed by atoms with E-state index in [0.29, 0.717) is 19.6 Å². The van der Waals surface area contributed by atoms with E-state index in [1.807, 2.05) is 0 Å². The van der Waals surface area contributed by atoms with Gasteiger partial charge in [-0.3, -0.25) is 4.79 Å². The summed E-state index contributed by atoms with van der Waals surface area (Å²) in [5.74, 6) is 0.522. The van der Waals surface area contributed by atoms with Crippen LogP contribution in [0.3, 0.4) is 0 Å². The Morgan fingerprint density at radius 3 is 2.80 bits per heavy atom. The molecule has 0 amide bonds. The van der Waals surface area contributed by atoms with Crippen LogP contribution in [0.15, 0.2) is 0 Å². The molecule has 1 rings (SSSR count). The van der Waals surface area contributed by atoms with Crippen molar-refractivity contribution in [2.75, 3.05) is 20.3 Å². The fourth-order valence-corrected chi connectivity index (χ4v) is 1.41. The van der Waals surface area contributed by atoms with Crippen molar-refractivity contribution in [2.24, 2.45) is 11.7 Å². The first-order valence-corrected chi connectivity index (χ1v) is 5.65. The minimum absolute atomic E-state index is 0.272. The Bertz CT molecular complexity index is 192. The lowest BCUT2D eigenvalue weighted by atomic mass is 10.2. The number of nitrogens with two attached hydrogens (primary N) is 1. The van der Waals surface area contributed by atoms with Crippen molar-refractivity contribution < 1.29 is 14.3 Å². The summed E-state index contributed by atoms with van der Waals surface area (Å²) in [7, 11) is 1.64. The third kappa shape index (κ3) is 5.74. The SMILES string of the molecule is COCCCC(N)C(=O)OCCC1CC1. The molecule has 88 valence electrons. The van der Waals surface area contributed by atoms with Crippen LogP contribution in [-0.2, 0) is 14.3 Å². The molecule has 1 atom stereocenters. The average molecular weight is 215 g/mol. The monoisotopic (exact) mass is 215 g/mol. The van der Waals surface area contributed by atoms with Gasteiger partial charge in [0.25, 0.3) is 0 Å². The molecule has 1 fully saturated rings. The smallest absolute Gasteiger partial charge is 0.322 e. The number of methoxy groups -OCH3 is 1. The van der Waals surface area contributed by atoms with E-state index in [1.165, 1.54) is 12.8 Å². The number of hydrogen-bond acceptors (Lipinski definition) is 4. The van der Waals surface area contributed by atoms with Crippen LogP contribution in [0, 0.1) is 5.92 Å². The Labute approximate surface area is 91.1 Å². The standard InChI is InChI=1S/C11H21NO3/c1-14-7-2-3-10(12)11(13)15-8-6-9-4-5-9/h9-10H,2-8,12H2,1H3. The molecule has 1 saturated carbocycles. The minimum atomic E-state index is -0.487. The molecule has 4 nitrogen and oxygen atoms in total. The molecule has 4 heteroatoms. The molecule has 0 aromatic carbocycles. The van der Waals surface area contributed by atoms with Gasteiger partial charge in [0.05, 0.1) is 6.61 Å². The van der Waals surface area contributed by atoms with Crippen molar-refractivity contribution in [1.29, 1.82) is 0 Å². The van der Waals surface area contributed by atoms with Crippen molar-refractivity contribution in [1.82, 2.24) is 0 Å². The van der Waals surface area contributed by atoms with Crippen LogP contribution in [0.5, 0.6) is 0 Å². The van der Waals surface area contributed by atoms with Crippen LogP contribution in [0.4, 0.5) is 0 Å². The molecule has 0 bridgehead atoms. The van der Waals surface area contributed by atoms with E-state index in [2.05, 4.69) is 0 Å². The van der Waals surface area contributed by atoms with Gasteiger partial charge in [0, 0.05) is 13.7 Å². The number of rotatable bonds is 8. The number of hydrogen-bond donors (Lipinski definition) is 1. The quantitative estimate of drug-likeness (QED) is 0.486. The molecule has 1 unspecified atom stereocenters. The number of carbonyl (C=O) groups is 1. The summed E-state index contributed by atoms with van der Waals surface area (Å²) in [6.45, 7) is 1.17. The summed E-state index contributed by atoms with van der Waals surface area (Å²) in [4.78, 5) is 11.4. The maximum absolute atomic E-state index is 11.4. The zero-order valence-corrected chi connectivity index (χ0v) is 9.41. The summed E-state index contributed by atoms with van der Waals surface area (Å²) in [5.41, 5.74) is 5.66. The molecular weight excluding hydrogens is 194 g/mol. The molecular formula is C11H21NO3. The average Bonchev–Trinajstić information content (AvgIpc) is 3.02. The van der Waals surface area contributed by atoms with E-state index in [1.54, 1.807) is 7.11 Å². The molecule has 1 aliphatic carbocycles. The molecule has 0 spiro atoms. The topological polar surface area (TPSA) is 61.5 Å². The molecule has 1 aliphatic rings. The predicted octanol–water partition coefficient (Wildman–Crippen LogP) is 1.08. The molecule has 0 aliphatic heterocycles. The van der Waals surface area contributed by atoms with Gasteiger partial charge >= 0.3 is 5.97 Å². The van der Waals surface area contributed by atoms with E-state index in [-0.39, 0.29) is 5.97 Å². The summed E-state index contributed by atoms with van der Waals surface area (Å²) >= 11 is 0. The summed E-state index contributed by atoms with van der Waals surface area (Å²) < 4.78 is 9.97. The lowest BCUT2D eigenvalue weighted by molar-refractivity contribution is -0.145. The molecule has 0 heterocycles. The van der Waals surface area contributed by atoms with Gasteiger partial charge < -0.3 is 15.2 Å². The van der Waals surface area contributed by atoms with Gasteiger partial charge in [-0.25, -0.2) is 0 Å². The highest BCUT2D eigenvalue weighted by Crippen LogP contribution is 2.32. The molecule has 2 N–H and O–H groups in total. The fraction of sp³-hybridized carbons (Fsp3) is 0.909. The van der Waals surface area contributed by atoms with E-state index >= 15 is 0 Å². The lowest BCUT2D eigenvalue weighted by Gasteiger charge is -2.10. The van der Waals surface area contributed by atoms with E-state index in [9.17, 15) is 4.79 Å². The van der Waals surface area contributed by atoms with Crippen LogP contribution >= 0.6 is 0 Å². The zero-order valence-electron chi connectivity index (χ0n) is 9.41. The Hall–Kier alpha value is -0.610. The molecule has 15 heavy (non-hydrogen) atoms. The second kappa shape index (κ2) is 6.80. The van der Waals surface area contributed by atoms with Crippen molar-refractivity contribution in [3.63, 3.8) is 0 Å². The van der Waals surface area contributed by atoms with Gasteiger partial charge in [-0.1, -0.05) is 12.8 Å². The lowest BCUT2D eigenvalue weighted by Crippen LogP contribution is -2.32. The van der Waals surface area contributed by atoms with E-state index in [0.717, 1.165) is 18.8 Å². The third-order valence-electron chi connectivity index (χ3n) is 2.63. The first-order valence-electron chi connectivity index (χ1n) is 5.65. The summed E-state index contributed by atoms with van der Waals surface area (Å²) in [6, 6.07) is -0.487. The maximum atomic E-state index is 11.4. The fourth-order valence-electron chi connectivity index (χ4n) is 1.41. The van der Waals surface area contributed by atoms with Gasteiger partial charge in [0.2, 0.25) is 0 Å². The van der Waals surface area contributed by atoms with Crippen LogP contribution in [0.2, 0.25) is 0 Å². The van der Waals surface area contributed by atoms with Gasteiger partial charge in [0.1, 0.15) is 6.04 Å². The van der Waals surface area contributed by atoms with Gasteiger partial charge in [-0.05, 0) is 25.2 Å². The first kappa shape index (κ1) is 12.5.